The van der Waals surface area contributed by atoms with E-state index in [-0.39, 0.29) is 11.3 Å². The lowest BCUT2D eigenvalue weighted by Crippen LogP contribution is -2.31. The van der Waals surface area contributed by atoms with Gasteiger partial charge in [0, 0.05) is 23.4 Å². The van der Waals surface area contributed by atoms with Crippen LogP contribution in [-0.2, 0) is 5.60 Å². The van der Waals surface area contributed by atoms with E-state index in [4.69, 9.17) is 10.5 Å². The molecule has 0 aromatic heterocycles. The molecule has 5 heteroatoms. The van der Waals surface area contributed by atoms with Crippen molar-refractivity contribution in [3.8, 4) is 5.75 Å². The second-order valence-electron chi connectivity index (χ2n) is 5.62. The van der Waals surface area contributed by atoms with Crippen molar-refractivity contribution in [2.24, 2.45) is 0 Å². The van der Waals surface area contributed by atoms with Crippen LogP contribution in [0.15, 0.2) is 36.4 Å². The minimum Gasteiger partial charge on any atom is -0.479 e. The Morgan fingerprint density at radius 1 is 0.909 bits per heavy atom. The Labute approximate surface area is 126 Å². The summed E-state index contributed by atoms with van der Waals surface area (Å²) >= 11 is 0. The van der Waals surface area contributed by atoms with Crippen LogP contribution < -0.4 is 10.5 Å². The van der Waals surface area contributed by atoms with E-state index in [1.165, 1.54) is 30.3 Å². The average Bonchev–Trinajstić information content (AvgIpc) is 2.91. The highest BCUT2D eigenvalue weighted by molar-refractivity contribution is 5.43. The number of nitrogen functional groups attached to an aromatic ring is 1. The first-order chi connectivity index (χ1) is 10.5. The quantitative estimate of drug-likeness (QED) is 0.845. The fourth-order valence-electron chi connectivity index (χ4n) is 3.04. The first-order valence-corrected chi connectivity index (χ1v) is 7.20. The van der Waals surface area contributed by atoms with Crippen LogP contribution in [0.1, 0.15) is 31.2 Å². The van der Waals surface area contributed by atoms with Crippen LogP contribution in [0.5, 0.6) is 5.75 Å². The van der Waals surface area contributed by atoms with Gasteiger partial charge in [0.1, 0.15) is 17.2 Å². The van der Waals surface area contributed by atoms with E-state index >= 15 is 0 Å². The maximum Gasteiger partial charge on any atom is 0.167 e. The normalized spacial score (nSPS) is 16.7. The van der Waals surface area contributed by atoms with E-state index < -0.39 is 23.1 Å². The molecule has 2 aromatic carbocycles. The molecule has 0 amide bonds. The summed E-state index contributed by atoms with van der Waals surface area (Å²) in [5, 5.41) is 0. The van der Waals surface area contributed by atoms with Crippen molar-refractivity contribution < 1.29 is 17.9 Å². The molecule has 0 radical (unpaired) electrons. The van der Waals surface area contributed by atoms with Crippen LogP contribution >= 0.6 is 0 Å². The van der Waals surface area contributed by atoms with Crippen molar-refractivity contribution in [2.45, 2.75) is 31.3 Å². The first-order valence-electron chi connectivity index (χ1n) is 7.20. The highest BCUT2D eigenvalue weighted by Gasteiger charge is 2.40. The van der Waals surface area contributed by atoms with Crippen LogP contribution in [0.3, 0.4) is 0 Å². The number of anilines is 1. The van der Waals surface area contributed by atoms with Crippen molar-refractivity contribution in [3.63, 3.8) is 0 Å². The molecular formula is C17H16F3NO. The van der Waals surface area contributed by atoms with Gasteiger partial charge in [-0.15, -0.1) is 0 Å². The number of hydrogen-bond acceptors (Lipinski definition) is 2. The Morgan fingerprint density at radius 2 is 1.64 bits per heavy atom. The molecule has 2 aromatic rings. The molecule has 0 saturated heterocycles. The summed E-state index contributed by atoms with van der Waals surface area (Å²) in [5.74, 6) is -1.88. The van der Waals surface area contributed by atoms with Gasteiger partial charge in [-0.2, -0.15) is 0 Å². The molecule has 0 bridgehead atoms. The summed E-state index contributed by atoms with van der Waals surface area (Å²) in [5.41, 5.74) is 5.12. The summed E-state index contributed by atoms with van der Waals surface area (Å²) in [7, 11) is 0. The van der Waals surface area contributed by atoms with Gasteiger partial charge in [-0.05, 0) is 49.9 Å². The Bertz CT molecular complexity index is 696. The van der Waals surface area contributed by atoms with Gasteiger partial charge in [-0.1, -0.05) is 0 Å². The van der Waals surface area contributed by atoms with E-state index in [0.29, 0.717) is 18.5 Å². The summed E-state index contributed by atoms with van der Waals surface area (Å²) in [4.78, 5) is 0. The molecular weight excluding hydrogens is 291 g/mol. The van der Waals surface area contributed by atoms with Gasteiger partial charge in [-0.3, -0.25) is 0 Å². The molecule has 0 atom stereocenters. The van der Waals surface area contributed by atoms with Crippen LogP contribution in [0, 0.1) is 17.5 Å². The summed E-state index contributed by atoms with van der Waals surface area (Å²) < 4.78 is 47.2. The van der Waals surface area contributed by atoms with Crippen LogP contribution in [0.25, 0.3) is 0 Å². The third kappa shape index (κ3) is 2.63. The minimum absolute atomic E-state index is 0.0276. The van der Waals surface area contributed by atoms with Gasteiger partial charge in [-0.25, -0.2) is 13.2 Å². The Morgan fingerprint density at radius 3 is 2.27 bits per heavy atom. The largest absolute Gasteiger partial charge is 0.479 e. The van der Waals surface area contributed by atoms with Crippen molar-refractivity contribution >= 4 is 5.69 Å². The number of halogens is 3. The molecule has 1 saturated carbocycles. The van der Waals surface area contributed by atoms with Crippen molar-refractivity contribution in [3.05, 3.63) is 59.4 Å². The molecule has 0 spiro atoms. The molecule has 1 fully saturated rings. The Kier molecular flexibility index (Phi) is 3.72. The Balaban J connectivity index is 2.01. The van der Waals surface area contributed by atoms with Crippen LogP contribution in [-0.4, -0.2) is 0 Å². The lowest BCUT2D eigenvalue weighted by atomic mass is 9.91. The molecule has 0 aliphatic heterocycles. The SMILES string of the molecule is Nc1ccc(OC2(c3ccc(F)cc3F)CCCC2)c(F)c1. The summed E-state index contributed by atoms with van der Waals surface area (Å²) in [6.45, 7) is 0. The van der Waals surface area contributed by atoms with E-state index in [2.05, 4.69) is 0 Å². The highest BCUT2D eigenvalue weighted by atomic mass is 19.1. The fraction of sp³-hybridized carbons (Fsp3) is 0.294. The molecule has 22 heavy (non-hydrogen) atoms. The van der Waals surface area contributed by atoms with Gasteiger partial charge in [0.25, 0.3) is 0 Å². The fourth-order valence-corrected chi connectivity index (χ4v) is 3.04. The number of nitrogens with two attached hydrogens (primary N) is 1. The first kappa shape index (κ1) is 14.8. The number of ether oxygens (including phenoxy) is 1. The summed E-state index contributed by atoms with van der Waals surface area (Å²) in [6, 6.07) is 7.54. The van der Waals surface area contributed by atoms with Crippen LogP contribution in [0.2, 0.25) is 0 Å². The predicted molar refractivity (Wildman–Crippen MR) is 77.9 cm³/mol. The standard InChI is InChI=1S/C17H16F3NO/c18-11-3-5-13(14(19)9-11)17(7-1-2-8-17)22-16-6-4-12(21)10-15(16)20/h3-6,9-10H,1-2,7-8,21H2. The van der Waals surface area contributed by atoms with Gasteiger partial charge in [0.05, 0.1) is 0 Å². The predicted octanol–water partition coefficient (Wildman–Crippen LogP) is 4.53. The zero-order chi connectivity index (χ0) is 15.7. The molecule has 0 heterocycles. The lowest BCUT2D eigenvalue weighted by molar-refractivity contribution is 0.0650. The molecule has 1 aliphatic rings. The third-order valence-electron chi connectivity index (χ3n) is 4.09. The minimum atomic E-state index is -0.964. The monoisotopic (exact) mass is 307 g/mol. The summed E-state index contributed by atoms with van der Waals surface area (Å²) in [6.07, 6.45) is 2.79. The molecule has 2 N–H and O–H groups in total. The molecule has 116 valence electrons. The maximum atomic E-state index is 14.2. The van der Waals surface area contributed by atoms with Gasteiger partial charge in [0.15, 0.2) is 11.6 Å². The van der Waals surface area contributed by atoms with Crippen molar-refractivity contribution in [1.29, 1.82) is 0 Å². The average molecular weight is 307 g/mol. The van der Waals surface area contributed by atoms with E-state index in [1.807, 2.05) is 0 Å². The van der Waals surface area contributed by atoms with E-state index in [1.54, 1.807) is 0 Å². The second-order valence-corrected chi connectivity index (χ2v) is 5.62. The highest BCUT2D eigenvalue weighted by Crippen LogP contribution is 2.44. The molecule has 0 unspecified atom stereocenters. The smallest absolute Gasteiger partial charge is 0.167 e. The topological polar surface area (TPSA) is 35.2 Å². The van der Waals surface area contributed by atoms with E-state index in [9.17, 15) is 13.2 Å². The van der Waals surface area contributed by atoms with E-state index in [0.717, 1.165) is 18.9 Å². The third-order valence-corrected chi connectivity index (χ3v) is 4.09. The Hall–Kier alpha value is -2.17. The van der Waals surface area contributed by atoms with Crippen molar-refractivity contribution in [1.82, 2.24) is 0 Å². The van der Waals surface area contributed by atoms with Gasteiger partial charge in [0.2, 0.25) is 0 Å². The van der Waals surface area contributed by atoms with Gasteiger partial charge < -0.3 is 10.5 Å². The van der Waals surface area contributed by atoms with Crippen molar-refractivity contribution in [2.75, 3.05) is 5.73 Å². The number of rotatable bonds is 3. The zero-order valence-electron chi connectivity index (χ0n) is 11.9. The second kappa shape index (κ2) is 5.55. The number of hydrogen-bond donors (Lipinski definition) is 1. The molecule has 1 aliphatic carbocycles. The number of benzene rings is 2. The lowest BCUT2D eigenvalue weighted by Gasteiger charge is -2.31. The molecule has 2 nitrogen and oxygen atoms in total. The maximum absolute atomic E-state index is 14.2. The van der Waals surface area contributed by atoms with Gasteiger partial charge >= 0.3 is 0 Å². The molecule has 3 rings (SSSR count). The zero-order valence-corrected chi connectivity index (χ0v) is 11.9. The van der Waals surface area contributed by atoms with Crippen LogP contribution in [0.4, 0.5) is 18.9 Å².